The fourth-order valence-corrected chi connectivity index (χ4v) is 2.35. The summed E-state index contributed by atoms with van der Waals surface area (Å²) >= 11 is 1.76. The molecule has 0 saturated carbocycles. The van der Waals surface area contributed by atoms with E-state index in [1.165, 1.54) is 4.88 Å². The van der Waals surface area contributed by atoms with Crippen molar-refractivity contribution in [2.45, 2.75) is 13.0 Å². The van der Waals surface area contributed by atoms with Crippen LogP contribution in [0, 0.1) is 0 Å². The summed E-state index contributed by atoms with van der Waals surface area (Å²) < 4.78 is 0. The third kappa shape index (κ3) is 2.17. The Morgan fingerprint density at radius 3 is 2.75 bits per heavy atom. The average Bonchev–Trinajstić information content (AvgIpc) is 2.81. The van der Waals surface area contributed by atoms with Gasteiger partial charge in [0.15, 0.2) is 0 Å². The summed E-state index contributed by atoms with van der Waals surface area (Å²) in [6, 6.07) is 8.36. The average molecular weight is 233 g/mol. The monoisotopic (exact) mass is 233 g/mol. The highest BCUT2D eigenvalue weighted by Gasteiger charge is 2.13. The Hall–Kier alpha value is -1.55. The molecule has 2 rings (SSSR count). The summed E-state index contributed by atoms with van der Waals surface area (Å²) in [6.45, 7) is 2.17. The molecule has 84 valence electrons. The van der Waals surface area contributed by atoms with Gasteiger partial charge < -0.3 is 10.6 Å². The highest BCUT2D eigenvalue weighted by Crippen LogP contribution is 2.26. The van der Waals surface area contributed by atoms with E-state index in [2.05, 4.69) is 34.3 Å². The summed E-state index contributed by atoms with van der Waals surface area (Å²) in [5.74, 6) is 0.940. The first-order valence-electron chi connectivity index (χ1n) is 5.16. The van der Waals surface area contributed by atoms with Crippen molar-refractivity contribution in [3.63, 3.8) is 0 Å². The summed E-state index contributed by atoms with van der Waals surface area (Å²) in [5, 5.41) is 2.09. The van der Waals surface area contributed by atoms with Crippen LogP contribution in [-0.4, -0.2) is 12.0 Å². The normalized spacial score (nSPS) is 12.4. The molecular weight excluding hydrogens is 218 g/mol. The van der Waals surface area contributed by atoms with E-state index in [0.29, 0.717) is 11.7 Å². The van der Waals surface area contributed by atoms with Crippen LogP contribution >= 0.6 is 11.3 Å². The van der Waals surface area contributed by atoms with Crippen LogP contribution in [0.25, 0.3) is 0 Å². The molecule has 1 unspecified atom stereocenters. The van der Waals surface area contributed by atoms with E-state index in [9.17, 15) is 0 Å². The molecule has 0 spiro atoms. The van der Waals surface area contributed by atoms with E-state index in [1.807, 2.05) is 19.2 Å². The minimum atomic E-state index is 0.330. The van der Waals surface area contributed by atoms with Gasteiger partial charge in [-0.05, 0) is 30.5 Å². The quantitative estimate of drug-likeness (QED) is 0.886. The number of hydrogen-bond donors (Lipinski definition) is 1. The summed E-state index contributed by atoms with van der Waals surface area (Å²) in [7, 11) is 2.04. The molecule has 0 aliphatic carbocycles. The fraction of sp³-hybridized carbons (Fsp3) is 0.250. The second-order valence-electron chi connectivity index (χ2n) is 3.75. The maximum absolute atomic E-state index is 5.62. The molecule has 2 aromatic rings. The molecule has 2 heterocycles. The topological polar surface area (TPSA) is 42.1 Å². The minimum Gasteiger partial charge on any atom is -0.397 e. The molecule has 0 amide bonds. The highest BCUT2D eigenvalue weighted by atomic mass is 32.1. The number of nitrogens with two attached hydrogens (primary N) is 1. The Morgan fingerprint density at radius 1 is 1.38 bits per heavy atom. The van der Waals surface area contributed by atoms with Crippen molar-refractivity contribution in [3.05, 3.63) is 40.7 Å². The zero-order chi connectivity index (χ0) is 11.5. The molecule has 0 aromatic carbocycles. The molecule has 0 aliphatic heterocycles. The lowest BCUT2D eigenvalue weighted by Crippen LogP contribution is -2.21. The number of nitrogen functional groups attached to an aromatic ring is 1. The van der Waals surface area contributed by atoms with Crippen LogP contribution in [0.4, 0.5) is 11.5 Å². The van der Waals surface area contributed by atoms with Crippen LogP contribution < -0.4 is 10.6 Å². The van der Waals surface area contributed by atoms with Crippen LogP contribution in [0.2, 0.25) is 0 Å². The second-order valence-corrected chi connectivity index (χ2v) is 4.73. The number of hydrogen-bond acceptors (Lipinski definition) is 4. The molecule has 3 nitrogen and oxygen atoms in total. The van der Waals surface area contributed by atoms with Gasteiger partial charge in [-0.15, -0.1) is 11.3 Å². The van der Waals surface area contributed by atoms with Crippen LogP contribution in [0.15, 0.2) is 35.8 Å². The van der Waals surface area contributed by atoms with Crippen LogP contribution in [0.3, 0.4) is 0 Å². The second kappa shape index (κ2) is 4.53. The summed E-state index contributed by atoms with van der Waals surface area (Å²) in [4.78, 5) is 7.79. The first kappa shape index (κ1) is 11.0. The van der Waals surface area contributed by atoms with Crippen molar-refractivity contribution in [1.82, 2.24) is 4.98 Å². The van der Waals surface area contributed by atoms with Crippen LogP contribution in [0.1, 0.15) is 17.8 Å². The number of aromatic nitrogens is 1. The van der Waals surface area contributed by atoms with Crippen molar-refractivity contribution in [1.29, 1.82) is 0 Å². The number of thiophene rings is 1. The molecule has 0 saturated heterocycles. The third-order valence-corrected chi connectivity index (χ3v) is 3.71. The van der Waals surface area contributed by atoms with Gasteiger partial charge in [-0.1, -0.05) is 6.07 Å². The van der Waals surface area contributed by atoms with Gasteiger partial charge in [0.25, 0.3) is 0 Å². The van der Waals surface area contributed by atoms with Crippen LogP contribution in [0.5, 0.6) is 0 Å². The molecule has 0 bridgehead atoms. The van der Waals surface area contributed by atoms with E-state index in [1.54, 1.807) is 17.5 Å². The molecule has 2 aromatic heterocycles. The number of rotatable bonds is 3. The van der Waals surface area contributed by atoms with Crippen molar-refractivity contribution in [2.24, 2.45) is 0 Å². The molecule has 1 atom stereocenters. The molecule has 2 N–H and O–H groups in total. The molecule has 4 heteroatoms. The first-order chi connectivity index (χ1) is 7.68. The Balaban J connectivity index is 2.19. The van der Waals surface area contributed by atoms with Crippen LogP contribution in [-0.2, 0) is 0 Å². The largest absolute Gasteiger partial charge is 0.397 e. The maximum atomic E-state index is 5.62. The van der Waals surface area contributed by atoms with Gasteiger partial charge in [0.2, 0.25) is 0 Å². The lowest BCUT2D eigenvalue weighted by atomic mass is 10.2. The lowest BCUT2D eigenvalue weighted by molar-refractivity contribution is 0.742. The predicted molar refractivity (Wildman–Crippen MR) is 69.8 cm³/mol. The smallest absolute Gasteiger partial charge is 0.128 e. The number of nitrogens with zero attached hydrogens (tertiary/aromatic N) is 2. The molecule has 0 aliphatic rings. The zero-order valence-corrected chi connectivity index (χ0v) is 10.2. The summed E-state index contributed by atoms with van der Waals surface area (Å²) in [6.07, 6.45) is 1.69. The zero-order valence-electron chi connectivity index (χ0n) is 9.42. The van der Waals surface area contributed by atoms with Gasteiger partial charge in [0, 0.05) is 11.9 Å². The van der Waals surface area contributed by atoms with Gasteiger partial charge in [-0.3, -0.25) is 0 Å². The fourth-order valence-electron chi connectivity index (χ4n) is 1.52. The van der Waals surface area contributed by atoms with Gasteiger partial charge in [0.05, 0.1) is 17.9 Å². The predicted octanol–water partition coefficient (Wildman–Crippen LogP) is 2.92. The van der Waals surface area contributed by atoms with E-state index in [0.717, 1.165) is 5.82 Å². The molecule has 16 heavy (non-hydrogen) atoms. The Morgan fingerprint density at radius 2 is 2.19 bits per heavy atom. The Labute approximate surface area is 99.5 Å². The van der Waals surface area contributed by atoms with E-state index in [-0.39, 0.29) is 0 Å². The lowest BCUT2D eigenvalue weighted by Gasteiger charge is -2.25. The molecular formula is C12H15N3S. The standard InChI is InChI=1S/C12H15N3S/c1-9(11-4-3-7-16-11)15(2)12-6-5-10(13)8-14-12/h3-9H,13H2,1-2H3. The van der Waals surface area contributed by atoms with E-state index in [4.69, 9.17) is 5.73 Å². The maximum Gasteiger partial charge on any atom is 0.128 e. The summed E-state index contributed by atoms with van der Waals surface area (Å²) in [5.41, 5.74) is 6.31. The SMILES string of the molecule is CC(c1cccs1)N(C)c1ccc(N)cn1. The molecule has 0 fully saturated rings. The minimum absolute atomic E-state index is 0.330. The van der Waals surface area contributed by atoms with Crippen molar-refractivity contribution >= 4 is 22.8 Å². The van der Waals surface area contributed by atoms with E-state index < -0.39 is 0 Å². The van der Waals surface area contributed by atoms with Gasteiger partial charge in [-0.25, -0.2) is 4.98 Å². The molecule has 0 radical (unpaired) electrons. The van der Waals surface area contributed by atoms with Gasteiger partial charge in [-0.2, -0.15) is 0 Å². The Bertz CT molecular complexity index is 436. The van der Waals surface area contributed by atoms with Gasteiger partial charge >= 0.3 is 0 Å². The van der Waals surface area contributed by atoms with Gasteiger partial charge in [0.1, 0.15) is 5.82 Å². The third-order valence-electron chi connectivity index (χ3n) is 2.67. The van der Waals surface area contributed by atoms with E-state index >= 15 is 0 Å². The number of pyridine rings is 1. The highest BCUT2D eigenvalue weighted by molar-refractivity contribution is 7.10. The van der Waals surface area contributed by atoms with Crippen molar-refractivity contribution in [3.8, 4) is 0 Å². The first-order valence-corrected chi connectivity index (χ1v) is 6.04. The number of anilines is 2. The van der Waals surface area contributed by atoms with Crippen molar-refractivity contribution < 1.29 is 0 Å². The van der Waals surface area contributed by atoms with Crippen molar-refractivity contribution in [2.75, 3.05) is 17.7 Å². The Kier molecular flexibility index (Phi) is 3.10.